The van der Waals surface area contributed by atoms with Crippen molar-refractivity contribution in [1.29, 1.82) is 0 Å². The molecule has 1 N–H and O–H groups in total. The minimum absolute atomic E-state index is 0. The first-order valence-electron chi connectivity index (χ1n) is 18.3. The number of fused-ring (bicyclic) bond motifs is 4. The topological polar surface area (TPSA) is 63.1 Å². The van der Waals surface area contributed by atoms with Gasteiger partial charge in [0.05, 0.1) is 11.3 Å². The van der Waals surface area contributed by atoms with Crippen LogP contribution in [0.3, 0.4) is 0 Å². The minimum atomic E-state index is 0. The van der Waals surface area contributed by atoms with Gasteiger partial charge in [-0.05, 0) is 62.3 Å². The number of hydrogen-bond acceptors (Lipinski definition) is 5. The van der Waals surface area contributed by atoms with Crippen molar-refractivity contribution in [1.82, 2.24) is 9.97 Å². The van der Waals surface area contributed by atoms with Gasteiger partial charge in [-0.2, -0.15) is 0 Å². The Balaban J connectivity index is 0.000000290. The normalized spacial score (nSPS) is 14.1. The van der Waals surface area contributed by atoms with Gasteiger partial charge < -0.3 is 5.11 Å². The zero-order valence-electron chi connectivity index (χ0n) is 30.1. The van der Waals surface area contributed by atoms with E-state index >= 15 is 0 Å². The van der Waals surface area contributed by atoms with E-state index in [0.29, 0.717) is 11.8 Å². The molecule has 0 aliphatic heterocycles. The number of allylic oxidation sites excluding steroid dienone is 2. The Morgan fingerprint density at radius 1 is 0.898 bits per heavy atom. The van der Waals surface area contributed by atoms with E-state index in [9.17, 15) is 9.90 Å². The van der Waals surface area contributed by atoms with Crippen molar-refractivity contribution < 1.29 is 30.0 Å². The molecular formula is C43H53IrN2O2S-. The number of hydrogen-bond donors (Lipinski definition) is 1. The Morgan fingerprint density at radius 3 is 2.24 bits per heavy atom. The first-order valence-corrected chi connectivity index (χ1v) is 19.2. The SMILES string of the molecule is CC(C)Cc1cccc2c1sc1c(-c3[c-]c4ccccc4c(C4CCCCC4)c3)ncnc12.CCC(CC)C(=O)/C=C(\O)C(CC)CC.[Ir]. The second kappa shape index (κ2) is 18.4. The third-order valence-electron chi connectivity index (χ3n) is 10.2. The number of nitrogens with zero attached hydrogens (tertiary/aromatic N) is 2. The summed E-state index contributed by atoms with van der Waals surface area (Å²) in [6, 6.07) is 21.5. The molecule has 1 aliphatic carbocycles. The zero-order valence-corrected chi connectivity index (χ0v) is 33.4. The first kappa shape index (κ1) is 38.9. The van der Waals surface area contributed by atoms with Crippen molar-refractivity contribution >= 4 is 48.2 Å². The standard InChI is InChI=1S/C30H29N2S.C13H24O2.Ir/c1-19(2)15-22-12-8-14-25-28-30(33-29(22)25)27(31-18-32-28)23-16-21-11-6-7-13-24(21)26(17-23)20-9-4-3-5-10-20;1-5-10(6-2)12(14)9-13(15)11(7-3)8-4;/h6-8,11-14,17-20H,3-5,9-10,15H2,1-2H3;9-11,14H,5-8H2,1-4H3;/q-1;;/b;12-9-;. The van der Waals surface area contributed by atoms with Gasteiger partial charge in [0.1, 0.15) is 6.33 Å². The number of aromatic nitrogens is 2. The summed E-state index contributed by atoms with van der Waals surface area (Å²) < 4.78 is 2.54. The maximum atomic E-state index is 11.7. The number of thiophene rings is 1. The van der Waals surface area contributed by atoms with Gasteiger partial charge in [0.25, 0.3) is 0 Å². The van der Waals surface area contributed by atoms with Crippen LogP contribution < -0.4 is 0 Å². The van der Waals surface area contributed by atoms with Crippen LogP contribution in [0.1, 0.15) is 116 Å². The predicted molar refractivity (Wildman–Crippen MR) is 205 cm³/mol. The minimum Gasteiger partial charge on any atom is -0.512 e. The Hall–Kier alpha value is -2.92. The summed E-state index contributed by atoms with van der Waals surface area (Å²) in [5.41, 5.74) is 6.11. The van der Waals surface area contributed by atoms with E-state index in [1.807, 2.05) is 39.0 Å². The smallest absolute Gasteiger partial charge is 0.162 e. The molecule has 3 aromatic carbocycles. The Labute approximate surface area is 311 Å². The van der Waals surface area contributed by atoms with Gasteiger partial charge in [-0.3, -0.25) is 9.78 Å². The largest absolute Gasteiger partial charge is 0.512 e. The fourth-order valence-corrected chi connectivity index (χ4v) is 8.65. The Morgan fingerprint density at radius 2 is 1.57 bits per heavy atom. The number of carbonyl (C=O) groups excluding carboxylic acids is 1. The van der Waals surface area contributed by atoms with Crippen molar-refractivity contribution in [2.24, 2.45) is 17.8 Å². The van der Waals surface area contributed by atoms with Crippen molar-refractivity contribution in [3.8, 4) is 11.3 Å². The van der Waals surface area contributed by atoms with Crippen molar-refractivity contribution in [2.45, 2.75) is 112 Å². The first-order chi connectivity index (χ1) is 23.3. The quantitative estimate of drug-likeness (QED) is 0.0817. The van der Waals surface area contributed by atoms with E-state index in [1.54, 1.807) is 6.33 Å². The summed E-state index contributed by atoms with van der Waals surface area (Å²) in [4.78, 5) is 21.3. The monoisotopic (exact) mass is 854 g/mol. The van der Waals surface area contributed by atoms with Gasteiger partial charge >= 0.3 is 0 Å². The summed E-state index contributed by atoms with van der Waals surface area (Å²) >= 11 is 1.85. The van der Waals surface area contributed by atoms with Crippen molar-refractivity contribution in [3.05, 3.63) is 83.9 Å². The van der Waals surface area contributed by atoms with E-state index in [0.717, 1.165) is 48.9 Å². The third kappa shape index (κ3) is 9.06. The molecule has 2 aromatic heterocycles. The van der Waals surface area contributed by atoms with Crippen LogP contribution in [0.5, 0.6) is 0 Å². The molecule has 0 amide bonds. The van der Waals surface area contributed by atoms with Crippen LogP contribution in [0.15, 0.2) is 66.7 Å². The van der Waals surface area contributed by atoms with Crippen LogP contribution in [0.4, 0.5) is 0 Å². The van der Waals surface area contributed by atoms with E-state index in [2.05, 4.69) is 68.4 Å². The van der Waals surface area contributed by atoms with Crippen LogP contribution in [0.25, 0.3) is 42.3 Å². The number of aliphatic hydroxyl groups excluding tert-OH is 1. The molecule has 0 bridgehead atoms. The van der Waals surface area contributed by atoms with Crippen LogP contribution in [0.2, 0.25) is 0 Å². The molecule has 2 heterocycles. The Kier molecular flexibility index (Phi) is 14.6. The van der Waals surface area contributed by atoms with Crippen LogP contribution in [-0.4, -0.2) is 20.9 Å². The van der Waals surface area contributed by atoms with Gasteiger partial charge in [0.15, 0.2) is 5.78 Å². The molecule has 0 spiro atoms. The fourth-order valence-electron chi connectivity index (χ4n) is 7.37. The van der Waals surface area contributed by atoms with E-state index in [1.165, 1.54) is 74.9 Å². The van der Waals surface area contributed by atoms with Gasteiger partial charge in [0, 0.05) is 58.5 Å². The number of carbonyl (C=O) groups is 1. The summed E-state index contributed by atoms with van der Waals surface area (Å²) in [5.74, 6) is 1.80. The number of benzene rings is 3. The second-order valence-corrected chi connectivity index (χ2v) is 14.9. The zero-order chi connectivity index (χ0) is 34.2. The maximum absolute atomic E-state index is 11.7. The van der Waals surface area contributed by atoms with Crippen molar-refractivity contribution in [3.63, 3.8) is 0 Å². The van der Waals surface area contributed by atoms with Crippen molar-refractivity contribution in [2.75, 3.05) is 0 Å². The molecule has 1 aliphatic rings. The Bertz CT molecular complexity index is 1860. The van der Waals surface area contributed by atoms with E-state index in [4.69, 9.17) is 9.97 Å². The molecule has 0 unspecified atom stereocenters. The molecule has 49 heavy (non-hydrogen) atoms. The summed E-state index contributed by atoms with van der Waals surface area (Å²) in [7, 11) is 0. The molecular weight excluding hydrogens is 801 g/mol. The molecule has 5 aromatic rings. The molecule has 1 saturated carbocycles. The van der Waals surface area contributed by atoms with Crippen LogP contribution >= 0.6 is 11.3 Å². The summed E-state index contributed by atoms with van der Waals surface area (Å²) in [6.07, 6.45) is 14.3. The van der Waals surface area contributed by atoms with Crippen LogP contribution in [-0.2, 0) is 31.3 Å². The molecule has 0 saturated heterocycles. The molecule has 6 heteroatoms. The van der Waals surface area contributed by atoms with Crippen LogP contribution in [0, 0.1) is 23.8 Å². The average Bonchev–Trinajstić information content (AvgIpc) is 3.49. The number of aliphatic hydroxyl groups is 1. The van der Waals surface area contributed by atoms with Gasteiger partial charge in [-0.25, -0.2) is 4.98 Å². The summed E-state index contributed by atoms with van der Waals surface area (Å²) in [6.45, 7) is 12.6. The predicted octanol–water partition coefficient (Wildman–Crippen LogP) is 12.6. The molecule has 6 rings (SSSR count). The fraction of sp³-hybridized carbons (Fsp3) is 0.465. The molecule has 1 radical (unpaired) electrons. The number of rotatable bonds is 11. The van der Waals surface area contributed by atoms with Gasteiger partial charge in [-0.1, -0.05) is 108 Å². The van der Waals surface area contributed by atoms with Gasteiger partial charge in [0.2, 0.25) is 0 Å². The maximum Gasteiger partial charge on any atom is 0.162 e. The van der Waals surface area contributed by atoms with Gasteiger partial charge in [-0.15, -0.1) is 40.5 Å². The number of ketones is 1. The molecule has 0 atom stereocenters. The third-order valence-corrected chi connectivity index (χ3v) is 11.5. The molecule has 263 valence electrons. The average molecular weight is 854 g/mol. The van der Waals surface area contributed by atoms with E-state index in [-0.39, 0.29) is 43.5 Å². The molecule has 4 nitrogen and oxygen atoms in total. The summed E-state index contributed by atoms with van der Waals surface area (Å²) in [5, 5.41) is 13.6. The second-order valence-electron chi connectivity index (χ2n) is 13.9. The van der Waals surface area contributed by atoms with E-state index < -0.39 is 0 Å². The molecule has 1 fully saturated rings.